The Labute approximate surface area is 187 Å². The number of fused-ring (bicyclic) bond motifs is 6. The summed E-state index contributed by atoms with van der Waals surface area (Å²) in [6.07, 6.45) is 0. The topological polar surface area (TPSA) is 0 Å². The minimum atomic E-state index is 1.27. The summed E-state index contributed by atoms with van der Waals surface area (Å²) < 4.78 is 0. The van der Waals surface area contributed by atoms with Crippen molar-refractivity contribution in [1.82, 2.24) is 0 Å². The SMILES string of the molecule is Cc1ccc(-c2cc3c4ccccc4c4cc(C)cc5c6ccccc6c(c2)c3c45)cc1. The maximum absolute atomic E-state index is 2.41. The zero-order valence-electron chi connectivity index (χ0n) is 18.2. The van der Waals surface area contributed by atoms with Gasteiger partial charge in [0.15, 0.2) is 0 Å². The molecule has 7 rings (SSSR count). The zero-order valence-corrected chi connectivity index (χ0v) is 18.2. The normalized spacial score (nSPS) is 12.1. The van der Waals surface area contributed by atoms with E-state index in [1.165, 1.54) is 76.1 Å². The lowest BCUT2D eigenvalue weighted by atomic mass is 9.84. The minimum Gasteiger partial charge on any atom is -0.0616 e. The highest BCUT2D eigenvalue weighted by Crippen LogP contribution is 2.46. The molecule has 0 amide bonds. The van der Waals surface area contributed by atoms with Gasteiger partial charge in [-0.2, -0.15) is 0 Å². The Morgan fingerprint density at radius 3 is 1.19 bits per heavy atom. The van der Waals surface area contributed by atoms with Crippen LogP contribution in [0, 0.1) is 13.8 Å². The van der Waals surface area contributed by atoms with Crippen LogP contribution in [0.1, 0.15) is 11.1 Å². The average Bonchev–Trinajstić information content (AvgIpc) is 2.83. The molecule has 0 heteroatoms. The van der Waals surface area contributed by atoms with Gasteiger partial charge in [0.2, 0.25) is 0 Å². The monoisotopic (exact) mass is 406 g/mol. The summed E-state index contributed by atoms with van der Waals surface area (Å²) in [5, 5.41) is 13.6. The fourth-order valence-corrected chi connectivity index (χ4v) is 5.64. The first kappa shape index (κ1) is 17.7. The molecule has 0 spiro atoms. The van der Waals surface area contributed by atoms with Crippen molar-refractivity contribution in [3.05, 3.63) is 108 Å². The van der Waals surface area contributed by atoms with Gasteiger partial charge < -0.3 is 0 Å². The van der Waals surface area contributed by atoms with Gasteiger partial charge in [0.05, 0.1) is 0 Å². The highest BCUT2D eigenvalue weighted by Gasteiger charge is 2.18. The third-order valence-corrected chi connectivity index (χ3v) is 7.07. The molecule has 0 aromatic heterocycles. The van der Waals surface area contributed by atoms with E-state index in [2.05, 4.69) is 111 Å². The van der Waals surface area contributed by atoms with E-state index in [9.17, 15) is 0 Å². The first-order valence-electron chi connectivity index (χ1n) is 11.3. The van der Waals surface area contributed by atoms with Gasteiger partial charge in [-0.3, -0.25) is 0 Å². The predicted molar refractivity (Wildman–Crippen MR) is 140 cm³/mol. The number of hydrogen-bond donors (Lipinski definition) is 0. The molecule has 7 aromatic rings. The molecule has 32 heavy (non-hydrogen) atoms. The van der Waals surface area contributed by atoms with Crippen LogP contribution in [0.3, 0.4) is 0 Å². The molecule has 0 N–H and O–H groups in total. The van der Waals surface area contributed by atoms with Crippen molar-refractivity contribution in [3.63, 3.8) is 0 Å². The first-order valence-corrected chi connectivity index (χ1v) is 11.3. The highest BCUT2D eigenvalue weighted by molar-refractivity contribution is 6.40. The second-order valence-corrected chi connectivity index (χ2v) is 9.14. The van der Waals surface area contributed by atoms with Crippen molar-refractivity contribution < 1.29 is 0 Å². The molecule has 0 saturated heterocycles. The van der Waals surface area contributed by atoms with E-state index in [1.54, 1.807) is 0 Å². The molecule has 0 aliphatic heterocycles. The Hall–Kier alpha value is -3.90. The summed E-state index contributed by atoms with van der Waals surface area (Å²) in [6, 6.07) is 36.3. The van der Waals surface area contributed by atoms with Crippen molar-refractivity contribution in [2.75, 3.05) is 0 Å². The molecular weight excluding hydrogens is 384 g/mol. The highest BCUT2D eigenvalue weighted by atomic mass is 14.2. The second-order valence-electron chi connectivity index (χ2n) is 9.14. The smallest absolute Gasteiger partial charge is 0.00134 e. The Kier molecular flexibility index (Phi) is 3.50. The van der Waals surface area contributed by atoms with E-state index in [1.807, 2.05) is 0 Å². The van der Waals surface area contributed by atoms with Gasteiger partial charge in [-0.05, 0) is 96.5 Å². The van der Waals surface area contributed by atoms with Crippen LogP contribution in [0.2, 0.25) is 0 Å². The molecule has 7 aromatic carbocycles. The molecule has 0 radical (unpaired) electrons. The summed E-state index contributed by atoms with van der Waals surface area (Å²) >= 11 is 0. The van der Waals surface area contributed by atoms with Crippen molar-refractivity contribution in [2.24, 2.45) is 0 Å². The summed E-state index contributed by atoms with van der Waals surface area (Å²) in [4.78, 5) is 0. The molecule has 0 nitrogen and oxygen atoms in total. The second kappa shape index (κ2) is 6.31. The van der Waals surface area contributed by atoms with Crippen LogP contribution in [-0.4, -0.2) is 0 Å². The Bertz CT molecular complexity index is 1710. The molecule has 0 atom stereocenters. The lowest BCUT2D eigenvalue weighted by molar-refractivity contribution is 1.47. The van der Waals surface area contributed by atoms with Crippen LogP contribution < -0.4 is 0 Å². The number of hydrogen-bond acceptors (Lipinski definition) is 0. The number of aryl methyl sites for hydroxylation is 2. The number of benzene rings is 7. The Morgan fingerprint density at radius 2 is 0.750 bits per heavy atom. The third kappa shape index (κ3) is 2.32. The molecule has 0 bridgehead atoms. The third-order valence-electron chi connectivity index (χ3n) is 7.07. The minimum absolute atomic E-state index is 1.27. The van der Waals surface area contributed by atoms with Gasteiger partial charge in [0.1, 0.15) is 0 Å². The van der Waals surface area contributed by atoms with E-state index in [0.717, 1.165) is 0 Å². The van der Waals surface area contributed by atoms with Crippen molar-refractivity contribution in [3.8, 4) is 11.1 Å². The largest absolute Gasteiger partial charge is 0.0616 e. The Morgan fingerprint density at radius 1 is 0.344 bits per heavy atom. The van der Waals surface area contributed by atoms with E-state index in [0.29, 0.717) is 0 Å². The molecule has 0 aliphatic carbocycles. The maximum Gasteiger partial charge on any atom is -0.00134 e. The van der Waals surface area contributed by atoms with Crippen molar-refractivity contribution in [2.45, 2.75) is 13.8 Å². The fraction of sp³-hybridized carbons (Fsp3) is 0.0625. The molecular formula is C32H22. The van der Waals surface area contributed by atoms with Crippen LogP contribution in [-0.2, 0) is 0 Å². The maximum atomic E-state index is 2.41. The molecule has 150 valence electrons. The summed E-state index contributed by atoms with van der Waals surface area (Å²) in [7, 11) is 0. The number of rotatable bonds is 1. The van der Waals surface area contributed by atoms with Gasteiger partial charge >= 0.3 is 0 Å². The lowest BCUT2D eigenvalue weighted by Crippen LogP contribution is -1.92. The van der Waals surface area contributed by atoms with E-state index >= 15 is 0 Å². The summed E-state index contributed by atoms with van der Waals surface area (Å²) in [5.74, 6) is 0. The first-order chi connectivity index (χ1) is 15.7. The van der Waals surface area contributed by atoms with E-state index < -0.39 is 0 Å². The van der Waals surface area contributed by atoms with Crippen LogP contribution in [0.15, 0.2) is 97.1 Å². The Balaban J connectivity index is 1.82. The molecule has 0 fully saturated rings. The molecule has 0 unspecified atom stereocenters. The van der Waals surface area contributed by atoms with Crippen LogP contribution in [0.25, 0.3) is 65.0 Å². The average molecular weight is 407 g/mol. The van der Waals surface area contributed by atoms with Crippen LogP contribution >= 0.6 is 0 Å². The van der Waals surface area contributed by atoms with E-state index in [4.69, 9.17) is 0 Å². The van der Waals surface area contributed by atoms with Gasteiger partial charge in [0, 0.05) is 0 Å². The summed E-state index contributed by atoms with van der Waals surface area (Å²) in [5.41, 5.74) is 5.15. The lowest BCUT2D eigenvalue weighted by Gasteiger charge is -2.19. The molecule has 0 heterocycles. The van der Waals surface area contributed by atoms with Crippen molar-refractivity contribution >= 4 is 53.9 Å². The van der Waals surface area contributed by atoms with Crippen LogP contribution in [0.4, 0.5) is 0 Å². The summed E-state index contributed by atoms with van der Waals surface area (Å²) in [6.45, 7) is 4.36. The van der Waals surface area contributed by atoms with Crippen molar-refractivity contribution in [1.29, 1.82) is 0 Å². The standard InChI is InChI=1S/C32H22/c1-19-11-13-21(14-12-19)22-17-29-25-9-5-3-7-23(25)27-15-20(2)16-28-24-8-4-6-10-26(24)30(18-22)32(29)31(27)28/h3-18H,1-2H3. The van der Waals surface area contributed by atoms with Gasteiger partial charge in [-0.15, -0.1) is 0 Å². The van der Waals surface area contributed by atoms with Gasteiger partial charge in [-0.25, -0.2) is 0 Å². The quantitative estimate of drug-likeness (QED) is 0.188. The van der Waals surface area contributed by atoms with Gasteiger partial charge in [0.25, 0.3) is 0 Å². The molecule has 0 aliphatic rings. The predicted octanol–water partition coefficient (Wildman–Crippen LogP) is 9.17. The van der Waals surface area contributed by atoms with Crippen LogP contribution in [0.5, 0.6) is 0 Å². The fourth-order valence-electron chi connectivity index (χ4n) is 5.64. The van der Waals surface area contributed by atoms with E-state index in [-0.39, 0.29) is 0 Å². The van der Waals surface area contributed by atoms with Gasteiger partial charge in [-0.1, -0.05) is 90.5 Å². The zero-order chi connectivity index (χ0) is 21.4. The molecule has 0 saturated carbocycles.